The van der Waals surface area contributed by atoms with Crippen LogP contribution in [0.4, 0.5) is 0 Å². The molecule has 4 nitrogen and oxygen atoms in total. The number of piperidine rings is 1. The summed E-state index contributed by atoms with van der Waals surface area (Å²) < 4.78 is 5.76. The molecule has 0 bridgehead atoms. The molecule has 1 heterocycles. The molecule has 1 aromatic rings. The lowest BCUT2D eigenvalue weighted by molar-refractivity contribution is 0.309. The van der Waals surface area contributed by atoms with Crippen molar-refractivity contribution in [2.24, 2.45) is 10.7 Å². The maximum atomic E-state index is 5.79. The van der Waals surface area contributed by atoms with Gasteiger partial charge in [-0.3, -0.25) is 4.99 Å². The van der Waals surface area contributed by atoms with E-state index in [2.05, 4.69) is 17.2 Å². The second kappa shape index (κ2) is 9.26. The number of aliphatic imine (C=N–C) groups is 1. The van der Waals surface area contributed by atoms with Crippen LogP contribution in [0, 0.1) is 0 Å². The van der Waals surface area contributed by atoms with Gasteiger partial charge in [0.15, 0.2) is 0 Å². The summed E-state index contributed by atoms with van der Waals surface area (Å²) in [6.07, 6.45) is 7.91. The van der Waals surface area contributed by atoms with E-state index in [1.54, 1.807) is 6.20 Å². The third-order valence-electron chi connectivity index (χ3n) is 3.85. The SMILES string of the molecule is CCCCOc1cccc(C(C=NC2CCNCC2)=CN)c1. The highest BCUT2D eigenvalue weighted by Gasteiger charge is 2.10. The normalized spacial score (nSPS) is 17.0. The van der Waals surface area contributed by atoms with Crippen molar-refractivity contribution in [1.29, 1.82) is 0 Å². The molecule has 0 spiro atoms. The number of ether oxygens (including phenoxy) is 1. The molecule has 3 N–H and O–H groups in total. The number of nitrogens with two attached hydrogens (primary N) is 1. The molecule has 0 aliphatic carbocycles. The van der Waals surface area contributed by atoms with E-state index in [0.29, 0.717) is 6.04 Å². The first-order chi connectivity index (χ1) is 10.8. The molecule has 0 unspecified atom stereocenters. The molecule has 22 heavy (non-hydrogen) atoms. The van der Waals surface area contributed by atoms with E-state index < -0.39 is 0 Å². The second-order valence-corrected chi connectivity index (χ2v) is 5.61. The summed E-state index contributed by atoms with van der Waals surface area (Å²) in [6, 6.07) is 8.46. The number of nitrogens with one attached hydrogen (secondary N) is 1. The maximum Gasteiger partial charge on any atom is 0.119 e. The standard InChI is InChI=1S/C18H27N3O/c1-2-3-11-22-18-6-4-5-15(12-18)16(13-19)14-21-17-7-9-20-10-8-17/h4-6,12-14,17,20H,2-3,7-11,19H2,1H3. The van der Waals surface area contributed by atoms with Crippen molar-refractivity contribution < 1.29 is 4.74 Å². The lowest BCUT2D eigenvalue weighted by Crippen LogP contribution is -2.29. The fraction of sp³-hybridized carbons (Fsp3) is 0.500. The summed E-state index contributed by atoms with van der Waals surface area (Å²) in [6.45, 7) is 5.01. The summed E-state index contributed by atoms with van der Waals surface area (Å²) in [5.41, 5.74) is 7.78. The molecule has 0 atom stereocenters. The van der Waals surface area contributed by atoms with Crippen LogP contribution in [0.15, 0.2) is 35.5 Å². The first-order valence-corrected chi connectivity index (χ1v) is 8.22. The van der Waals surface area contributed by atoms with Crippen molar-refractivity contribution in [3.05, 3.63) is 36.0 Å². The van der Waals surface area contributed by atoms with Gasteiger partial charge in [0.25, 0.3) is 0 Å². The zero-order valence-corrected chi connectivity index (χ0v) is 13.4. The van der Waals surface area contributed by atoms with Crippen LogP contribution >= 0.6 is 0 Å². The maximum absolute atomic E-state index is 5.79. The Hall–Kier alpha value is -1.81. The molecule has 1 saturated heterocycles. The smallest absolute Gasteiger partial charge is 0.119 e. The van der Waals surface area contributed by atoms with Crippen LogP contribution < -0.4 is 15.8 Å². The van der Waals surface area contributed by atoms with Gasteiger partial charge in [0.05, 0.1) is 12.6 Å². The van der Waals surface area contributed by atoms with E-state index in [0.717, 1.165) is 62.3 Å². The Morgan fingerprint density at radius 1 is 1.41 bits per heavy atom. The number of hydrogen-bond donors (Lipinski definition) is 2. The Labute approximate surface area is 133 Å². The molecular formula is C18H27N3O. The molecule has 0 radical (unpaired) electrons. The molecule has 120 valence electrons. The summed E-state index contributed by atoms with van der Waals surface area (Å²) in [7, 11) is 0. The topological polar surface area (TPSA) is 59.6 Å². The average Bonchev–Trinajstić information content (AvgIpc) is 2.57. The van der Waals surface area contributed by atoms with E-state index in [9.17, 15) is 0 Å². The van der Waals surface area contributed by atoms with Crippen molar-refractivity contribution in [3.8, 4) is 5.75 Å². The molecule has 0 amide bonds. The number of hydrogen-bond acceptors (Lipinski definition) is 4. The van der Waals surface area contributed by atoms with Gasteiger partial charge in [-0.2, -0.15) is 0 Å². The number of unbranched alkanes of at least 4 members (excludes halogenated alkanes) is 1. The van der Waals surface area contributed by atoms with Gasteiger partial charge in [0.2, 0.25) is 0 Å². The van der Waals surface area contributed by atoms with E-state index in [1.807, 2.05) is 30.5 Å². The van der Waals surface area contributed by atoms with Crippen LogP contribution in [0.1, 0.15) is 38.2 Å². The van der Waals surface area contributed by atoms with E-state index >= 15 is 0 Å². The molecule has 1 fully saturated rings. The van der Waals surface area contributed by atoms with Gasteiger partial charge in [-0.05, 0) is 50.0 Å². The number of nitrogens with zero attached hydrogens (tertiary/aromatic N) is 1. The van der Waals surface area contributed by atoms with Crippen molar-refractivity contribution in [2.45, 2.75) is 38.6 Å². The predicted octanol–water partition coefficient (Wildman–Crippen LogP) is 2.99. The molecule has 1 aromatic carbocycles. The average molecular weight is 301 g/mol. The zero-order valence-electron chi connectivity index (χ0n) is 13.4. The van der Waals surface area contributed by atoms with Crippen molar-refractivity contribution in [3.63, 3.8) is 0 Å². The summed E-state index contributed by atoms with van der Waals surface area (Å²) >= 11 is 0. The van der Waals surface area contributed by atoms with Crippen LogP contribution in [0.2, 0.25) is 0 Å². The van der Waals surface area contributed by atoms with Gasteiger partial charge in [0, 0.05) is 18.0 Å². The van der Waals surface area contributed by atoms with E-state index in [4.69, 9.17) is 10.5 Å². The Bertz CT molecular complexity index is 505. The van der Waals surface area contributed by atoms with Gasteiger partial charge in [-0.1, -0.05) is 25.5 Å². The van der Waals surface area contributed by atoms with Crippen LogP contribution in [-0.4, -0.2) is 32.0 Å². The van der Waals surface area contributed by atoms with Crippen LogP contribution in [0.25, 0.3) is 5.57 Å². The number of rotatable bonds is 7. The molecule has 1 aliphatic heterocycles. The van der Waals surface area contributed by atoms with Gasteiger partial charge < -0.3 is 15.8 Å². The highest BCUT2D eigenvalue weighted by molar-refractivity contribution is 6.09. The summed E-state index contributed by atoms with van der Waals surface area (Å²) in [5, 5.41) is 3.35. The van der Waals surface area contributed by atoms with E-state index in [-0.39, 0.29) is 0 Å². The fourth-order valence-corrected chi connectivity index (χ4v) is 2.46. The Balaban J connectivity index is 2.00. The second-order valence-electron chi connectivity index (χ2n) is 5.61. The highest BCUT2D eigenvalue weighted by atomic mass is 16.5. The number of benzene rings is 1. The van der Waals surface area contributed by atoms with Gasteiger partial charge in [0.1, 0.15) is 5.75 Å². The zero-order chi connectivity index (χ0) is 15.6. The minimum atomic E-state index is 0.403. The Morgan fingerprint density at radius 3 is 2.95 bits per heavy atom. The molecule has 1 aliphatic rings. The minimum absolute atomic E-state index is 0.403. The Morgan fingerprint density at radius 2 is 2.23 bits per heavy atom. The van der Waals surface area contributed by atoms with Crippen molar-refractivity contribution in [2.75, 3.05) is 19.7 Å². The first kappa shape index (κ1) is 16.6. The molecule has 2 rings (SSSR count). The summed E-state index contributed by atoms with van der Waals surface area (Å²) in [5.74, 6) is 0.889. The molecular weight excluding hydrogens is 274 g/mol. The van der Waals surface area contributed by atoms with Crippen molar-refractivity contribution >= 4 is 11.8 Å². The lowest BCUT2D eigenvalue weighted by atomic mass is 10.1. The van der Waals surface area contributed by atoms with Crippen LogP contribution in [-0.2, 0) is 0 Å². The van der Waals surface area contributed by atoms with Gasteiger partial charge >= 0.3 is 0 Å². The van der Waals surface area contributed by atoms with Gasteiger partial charge in [-0.25, -0.2) is 0 Å². The van der Waals surface area contributed by atoms with E-state index in [1.165, 1.54) is 0 Å². The molecule has 0 aromatic heterocycles. The first-order valence-electron chi connectivity index (χ1n) is 8.22. The lowest BCUT2D eigenvalue weighted by Gasteiger charge is -2.18. The molecule has 4 heteroatoms. The monoisotopic (exact) mass is 301 g/mol. The third kappa shape index (κ3) is 5.19. The molecule has 0 saturated carbocycles. The predicted molar refractivity (Wildman–Crippen MR) is 93.4 cm³/mol. The van der Waals surface area contributed by atoms with Gasteiger partial charge in [-0.15, -0.1) is 0 Å². The van der Waals surface area contributed by atoms with Crippen molar-refractivity contribution in [1.82, 2.24) is 5.32 Å². The van der Waals surface area contributed by atoms with Crippen LogP contribution in [0.3, 0.4) is 0 Å². The minimum Gasteiger partial charge on any atom is -0.494 e. The highest BCUT2D eigenvalue weighted by Crippen LogP contribution is 2.19. The van der Waals surface area contributed by atoms with Crippen LogP contribution in [0.5, 0.6) is 5.75 Å². The number of allylic oxidation sites excluding steroid dienone is 1. The largest absolute Gasteiger partial charge is 0.494 e. The quantitative estimate of drug-likeness (QED) is 0.601. The third-order valence-corrected chi connectivity index (χ3v) is 3.85. The summed E-state index contributed by atoms with van der Waals surface area (Å²) in [4.78, 5) is 4.68. The Kier molecular flexibility index (Phi) is 6.97. The fourth-order valence-electron chi connectivity index (χ4n) is 2.46.